The zero-order chi connectivity index (χ0) is 15.1. The summed E-state index contributed by atoms with van der Waals surface area (Å²) in [4.78, 5) is 2.46. The highest BCUT2D eigenvalue weighted by Crippen LogP contribution is 2.36. The van der Waals surface area contributed by atoms with Gasteiger partial charge in [0, 0.05) is 13.1 Å². The number of morpholine rings is 1. The number of benzene rings is 1. The van der Waals surface area contributed by atoms with Crippen molar-refractivity contribution in [1.29, 1.82) is 0 Å². The number of rotatable bonds is 7. The van der Waals surface area contributed by atoms with E-state index in [1.807, 2.05) is 6.92 Å². The molecule has 0 N–H and O–H groups in total. The summed E-state index contributed by atoms with van der Waals surface area (Å²) in [5, 5.41) is 0. The molecule has 0 aromatic heterocycles. The standard InChI is InChI=1S/C16H24BrNO3/c1-3-21-15-12-13(11-14(17)16(15)19-2)5-4-6-18-7-9-20-10-8-18/h11-12H,3-10H2,1-2H3. The second-order valence-corrected chi connectivity index (χ2v) is 5.95. The van der Waals surface area contributed by atoms with Gasteiger partial charge in [0.1, 0.15) is 0 Å². The zero-order valence-electron chi connectivity index (χ0n) is 12.9. The molecule has 0 aliphatic carbocycles. The van der Waals surface area contributed by atoms with Crippen molar-refractivity contribution >= 4 is 15.9 Å². The maximum absolute atomic E-state index is 5.66. The Morgan fingerprint density at radius 2 is 2.05 bits per heavy atom. The van der Waals surface area contributed by atoms with Crippen LogP contribution in [0.1, 0.15) is 18.9 Å². The minimum Gasteiger partial charge on any atom is -0.492 e. The SMILES string of the molecule is CCOc1cc(CCCN2CCOCC2)cc(Br)c1OC. The number of aryl methyl sites for hydroxylation is 1. The summed E-state index contributed by atoms with van der Waals surface area (Å²) in [6.07, 6.45) is 2.18. The van der Waals surface area contributed by atoms with E-state index in [2.05, 4.69) is 33.0 Å². The molecule has 0 amide bonds. The Bertz CT molecular complexity index is 447. The van der Waals surface area contributed by atoms with Crippen molar-refractivity contribution in [2.24, 2.45) is 0 Å². The van der Waals surface area contributed by atoms with E-state index in [-0.39, 0.29) is 0 Å². The highest BCUT2D eigenvalue weighted by Gasteiger charge is 2.12. The number of nitrogens with zero attached hydrogens (tertiary/aromatic N) is 1. The molecule has 0 spiro atoms. The molecule has 1 aromatic carbocycles. The summed E-state index contributed by atoms with van der Waals surface area (Å²) >= 11 is 3.56. The van der Waals surface area contributed by atoms with Gasteiger partial charge in [0.2, 0.25) is 0 Å². The third kappa shape index (κ3) is 4.87. The van der Waals surface area contributed by atoms with Crippen LogP contribution in [0, 0.1) is 0 Å². The Kier molecular flexibility index (Phi) is 6.80. The van der Waals surface area contributed by atoms with Crippen molar-refractivity contribution in [1.82, 2.24) is 4.90 Å². The molecule has 4 nitrogen and oxygen atoms in total. The van der Waals surface area contributed by atoms with Gasteiger partial charge in [-0.15, -0.1) is 0 Å². The number of hydrogen-bond donors (Lipinski definition) is 0. The highest BCUT2D eigenvalue weighted by molar-refractivity contribution is 9.10. The Morgan fingerprint density at radius 1 is 1.29 bits per heavy atom. The third-order valence-electron chi connectivity index (χ3n) is 3.62. The average Bonchev–Trinajstić information content (AvgIpc) is 2.48. The minimum absolute atomic E-state index is 0.639. The lowest BCUT2D eigenvalue weighted by Gasteiger charge is -2.26. The van der Waals surface area contributed by atoms with Gasteiger partial charge in [-0.1, -0.05) is 0 Å². The smallest absolute Gasteiger partial charge is 0.174 e. The van der Waals surface area contributed by atoms with Gasteiger partial charge in [0.15, 0.2) is 11.5 Å². The molecule has 1 fully saturated rings. The fraction of sp³-hybridized carbons (Fsp3) is 0.625. The van der Waals surface area contributed by atoms with E-state index in [1.54, 1.807) is 7.11 Å². The second-order valence-electron chi connectivity index (χ2n) is 5.10. The first kappa shape index (κ1) is 16.6. The number of methoxy groups -OCH3 is 1. The second kappa shape index (κ2) is 8.61. The lowest BCUT2D eigenvalue weighted by molar-refractivity contribution is 0.0374. The molecule has 1 heterocycles. The molecule has 0 saturated carbocycles. The predicted molar refractivity (Wildman–Crippen MR) is 87.4 cm³/mol. The van der Waals surface area contributed by atoms with E-state index in [9.17, 15) is 0 Å². The summed E-state index contributed by atoms with van der Waals surface area (Å²) in [6.45, 7) is 7.58. The zero-order valence-corrected chi connectivity index (χ0v) is 14.4. The first-order valence-corrected chi connectivity index (χ1v) is 8.33. The summed E-state index contributed by atoms with van der Waals surface area (Å²) < 4.78 is 17.4. The largest absolute Gasteiger partial charge is 0.492 e. The van der Waals surface area contributed by atoms with Crippen LogP contribution in [0.5, 0.6) is 11.5 Å². The maximum Gasteiger partial charge on any atom is 0.174 e. The normalized spacial score (nSPS) is 16.0. The molecule has 2 rings (SSSR count). The van der Waals surface area contributed by atoms with Crippen LogP contribution in [-0.2, 0) is 11.2 Å². The van der Waals surface area contributed by atoms with E-state index in [0.717, 1.165) is 61.7 Å². The molecular weight excluding hydrogens is 334 g/mol. The Hall–Kier alpha value is -0.780. The lowest BCUT2D eigenvalue weighted by Crippen LogP contribution is -2.36. The van der Waals surface area contributed by atoms with Gasteiger partial charge in [-0.25, -0.2) is 0 Å². The lowest BCUT2D eigenvalue weighted by atomic mass is 10.1. The van der Waals surface area contributed by atoms with Gasteiger partial charge in [-0.2, -0.15) is 0 Å². The van der Waals surface area contributed by atoms with Crippen LogP contribution < -0.4 is 9.47 Å². The van der Waals surface area contributed by atoms with Crippen LogP contribution in [0.15, 0.2) is 16.6 Å². The molecule has 5 heteroatoms. The molecular formula is C16H24BrNO3. The summed E-state index contributed by atoms with van der Waals surface area (Å²) in [5.41, 5.74) is 1.28. The Balaban J connectivity index is 1.92. The van der Waals surface area contributed by atoms with Crippen LogP contribution in [0.4, 0.5) is 0 Å². The van der Waals surface area contributed by atoms with Crippen molar-refractivity contribution in [3.05, 3.63) is 22.2 Å². The van der Waals surface area contributed by atoms with E-state index in [4.69, 9.17) is 14.2 Å². The van der Waals surface area contributed by atoms with Gasteiger partial charge in [0.25, 0.3) is 0 Å². The van der Waals surface area contributed by atoms with Crippen LogP contribution in [0.25, 0.3) is 0 Å². The van der Waals surface area contributed by atoms with E-state index < -0.39 is 0 Å². The fourth-order valence-electron chi connectivity index (χ4n) is 2.56. The average molecular weight is 358 g/mol. The highest BCUT2D eigenvalue weighted by atomic mass is 79.9. The molecule has 0 unspecified atom stereocenters. The quantitative estimate of drug-likeness (QED) is 0.750. The molecule has 21 heavy (non-hydrogen) atoms. The topological polar surface area (TPSA) is 30.9 Å². The first-order valence-electron chi connectivity index (χ1n) is 7.54. The summed E-state index contributed by atoms with van der Waals surface area (Å²) in [5.74, 6) is 1.59. The molecule has 1 aromatic rings. The fourth-order valence-corrected chi connectivity index (χ4v) is 3.21. The Labute approximate surface area is 135 Å². The van der Waals surface area contributed by atoms with Gasteiger partial charge in [-0.05, 0) is 59.9 Å². The van der Waals surface area contributed by atoms with Gasteiger partial charge >= 0.3 is 0 Å². The van der Waals surface area contributed by atoms with Crippen LogP contribution in [-0.4, -0.2) is 51.5 Å². The van der Waals surface area contributed by atoms with Crippen LogP contribution in [0.2, 0.25) is 0 Å². The molecule has 118 valence electrons. The maximum atomic E-state index is 5.66. The summed E-state index contributed by atoms with van der Waals surface area (Å²) in [7, 11) is 1.67. The third-order valence-corrected chi connectivity index (χ3v) is 4.21. The minimum atomic E-state index is 0.639. The molecule has 0 radical (unpaired) electrons. The number of halogens is 1. The van der Waals surface area contributed by atoms with Crippen molar-refractivity contribution in [3.63, 3.8) is 0 Å². The predicted octanol–water partition coefficient (Wildman–Crippen LogP) is 3.12. The van der Waals surface area contributed by atoms with Crippen LogP contribution >= 0.6 is 15.9 Å². The molecule has 0 atom stereocenters. The molecule has 0 bridgehead atoms. The first-order chi connectivity index (χ1) is 10.2. The Morgan fingerprint density at radius 3 is 2.71 bits per heavy atom. The van der Waals surface area contributed by atoms with E-state index >= 15 is 0 Å². The molecule has 1 saturated heterocycles. The summed E-state index contributed by atoms with van der Waals surface area (Å²) in [6, 6.07) is 4.22. The van der Waals surface area contributed by atoms with Gasteiger partial charge in [-0.3, -0.25) is 4.90 Å². The van der Waals surface area contributed by atoms with Crippen molar-refractivity contribution in [3.8, 4) is 11.5 Å². The van der Waals surface area contributed by atoms with Crippen molar-refractivity contribution in [2.45, 2.75) is 19.8 Å². The van der Waals surface area contributed by atoms with E-state index in [0.29, 0.717) is 6.61 Å². The molecule has 1 aliphatic rings. The van der Waals surface area contributed by atoms with Gasteiger partial charge < -0.3 is 14.2 Å². The van der Waals surface area contributed by atoms with E-state index in [1.165, 1.54) is 5.56 Å². The number of ether oxygens (including phenoxy) is 3. The van der Waals surface area contributed by atoms with Crippen LogP contribution in [0.3, 0.4) is 0 Å². The molecule has 1 aliphatic heterocycles. The van der Waals surface area contributed by atoms with Crippen molar-refractivity contribution < 1.29 is 14.2 Å². The van der Waals surface area contributed by atoms with Crippen molar-refractivity contribution in [2.75, 3.05) is 46.6 Å². The van der Waals surface area contributed by atoms with Gasteiger partial charge in [0.05, 0.1) is 31.4 Å². The number of hydrogen-bond acceptors (Lipinski definition) is 4. The monoisotopic (exact) mass is 357 g/mol.